The molecule has 0 aromatic heterocycles. The van der Waals surface area contributed by atoms with Gasteiger partial charge in [-0.25, -0.2) is 0 Å². The molecular formula is C13H17Br2NO3. The number of methoxy groups -OCH3 is 1. The van der Waals surface area contributed by atoms with Crippen molar-refractivity contribution in [1.82, 2.24) is 5.32 Å². The van der Waals surface area contributed by atoms with Gasteiger partial charge in [0, 0.05) is 6.54 Å². The molecule has 0 saturated carbocycles. The minimum Gasteiger partial charge on any atom is -0.492 e. The van der Waals surface area contributed by atoms with Crippen LogP contribution in [0.1, 0.15) is 19.4 Å². The molecule has 0 aliphatic rings. The lowest BCUT2D eigenvalue weighted by Crippen LogP contribution is -2.34. The number of nitrogens with one attached hydrogen (secondary N) is 1. The van der Waals surface area contributed by atoms with E-state index in [-0.39, 0.29) is 12.0 Å². The van der Waals surface area contributed by atoms with E-state index < -0.39 is 0 Å². The van der Waals surface area contributed by atoms with Gasteiger partial charge in [0.15, 0.2) is 0 Å². The number of carbonyl (C=O) groups excluding carboxylic acids is 1. The third-order valence-corrected chi connectivity index (χ3v) is 3.69. The summed E-state index contributed by atoms with van der Waals surface area (Å²) in [7, 11) is 1.38. The molecule has 0 aliphatic carbocycles. The van der Waals surface area contributed by atoms with Crippen molar-refractivity contribution < 1.29 is 14.3 Å². The number of hydrogen-bond donors (Lipinski definition) is 1. The highest BCUT2D eigenvalue weighted by Gasteiger charge is 2.13. The second-order valence-electron chi connectivity index (χ2n) is 3.95. The summed E-state index contributed by atoms with van der Waals surface area (Å²) >= 11 is 6.95. The molecule has 0 aliphatic heterocycles. The van der Waals surface area contributed by atoms with Crippen LogP contribution in [0.2, 0.25) is 0 Å². The molecule has 1 atom stereocenters. The standard InChI is InChI=1S/C13H17Br2NO3/c1-4-19-12-10(14)5-9(6-11(12)15)7-16-8(2)13(17)18-3/h5-6,8,16H,4,7H2,1-3H3/t8-/m0/s1. The van der Waals surface area contributed by atoms with E-state index in [1.807, 2.05) is 19.1 Å². The number of carbonyl (C=O) groups is 1. The van der Waals surface area contributed by atoms with Crippen molar-refractivity contribution >= 4 is 37.8 Å². The minimum absolute atomic E-state index is 0.274. The van der Waals surface area contributed by atoms with E-state index in [1.165, 1.54) is 7.11 Å². The van der Waals surface area contributed by atoms with Gasteiger partial charge in [-0.2, -0.15) is 0 Å². The number of benzene rings is 1. The molecule has 0 spiro atoms. The zero-order valence-corrected chi connectivity index (χ0v) is 14.3. The predicted molar refractivity (Wildman–Crippen MR) is 81.3 cm³/mol. The van der Waals surface area contributed by atoms with Crippen molar-refractivity contribution in [2.75, 3.05) is 13.7 Å². The van der Waals surface area contributed by atoms with Gasteiger partial charge in [0.1, 0.15) is 11.8 Å². The molecule has 4 nitrogen and oxygen atoms in total. The van der Waals surface area contributed by atoms with Gasteiger partial charge in [0.05, 0.1) is 22.7 Å². The van der Waals surface area contributed by atoms with Crippen LogP contribution >= 0.6 is 31.9 Å². The van der Waals surface area contributed by atoms with Crippen molar-refractivity contribution in [2.45, 2.75) is 26.4 Å². The maximum Gasteiger partial charge on any atom is 0.322 e. The SMILES string of the molecule is CCOc1c(Br)cc(CN[C@@H](C)C(=O)OC)cc1Br. The fourth-order valence-corrected chi connectivity index (χ4v) is 3.04. The fourth-order valence-electron chi connectivity index (χ4n) is 1.53. The van der Waals surface area contributed by atoms with E-state index in [1.54, 1.807) is 6.92 Å². The van der Waals surface area contributed by atoms with Gasteiger partial charge in [-0.1, -0.05) is 0 Å². The Hall–Kier alpha value is -0.590. The molecule has 0 saturated heterocycles. The average Bonchev–Trinajstić information content (AvgIpc) is 2.39. The van der Waals surface area contributed by atoms with E-state index in [0.717, 1.165) is 20.3 Å². The Balaban J connectivity index is 2.73. The minimum atomic E-state index is -0.339. The molecule has 106 valence electrons. The number of hydrogen-bond acceptors (Lipinski definition) is 4. The summed E-state index contributed by atoms with van der Waals surface area (Å²) in [6.07, 6.45) is 0. The Labute approximate surface area is 130 Å². The first-order chi connectivity index (χ1) is 8.99. The van der Waals surface area contributed by atoms with Crippen LogP contribution < -0.4 is 10.1 Å². The summed E-state index contributed by atoms with van der Waals surface area (Å²) in [6, 6.07) is 3.59. The summed E-state index contributed by atoms with van der Waals surface area (Å²) in [5.74, 6) is 0.510. The Morgan fingerprint density at radius 3 is 2.42 bits per heavy atom. The Kier molecular flexibility index (Phi) is 6.82. The quantitative estimate of drug-likeness (QED) is 0.752. The molecule has 0 heterocycles. The van der Waals surface area contributed by atoms with Crippen molar-refractivity contribution in [1.29, 1.82) is 0 Å². The van der Waals surface area contributed by atoms with Crippen LogP contribution in [-0.2, 0) is 16.1 Å². The first-order valence-electron chi connectivity index (χ1n) is 5.91. The van der Waals surface area contributed by atoms with E-state index in [4.69, 9.17) is 4.74 Å². The fraction of sp³-hybridized carbons (Fsp3) is 0.462. The third-order valence-electron chi connectivity index (χ3n) is 2.51. The average molecular weight is 395 g/mol. The lowest BCUT2D eigenvalue weighted by Gasteiger charge is -2.14. The van der Waals surface area contributed by atoms with Gasteiger partial charge in [0.25, 0.3) is 0 Å². The lowest BCUT2D eigenvalue weighted by molar-refractivity contribution is -0.142. The summed E-state index contributed by atoms with van der Waals surface area (Å²) < 4.78 is 11.9. The van der Waals surface area contributed by atoms with E-state index in [9.17, 15) is 4.79 Å². The van der Waals surface area contributed by atoms with Crippen molar-refractivity contribution in [3.8, 4) is 5.75 Å². The van der Waals surface area contributed by atoms with Gasteiger partial charge in [0.2, 0.25) is 0 Å². The highest BCUT2D eigenvalue weighted by molar-refractivity contribution is 9.11. The van der Waals surface area contributed by atoms with Crippen molar-refractivity contribution in [3.05, 3.63) is 26.6 Å². The normalized spacial score (nSPS) is 12.1. The number of ether oxygens (including phenoxy) is 2. The van der Waals surface area contributed by atoms with Gasteiger partial charge in [-0.15, -0.1) is 0 Å². The predicted octanol–water partition coefficient (Wildman–Crippen LogP) is 3.26. The van der Waals surface area contributed by atoms with Crippen LogP contribution in [0.5, 0.6) is 5.75 Å². The van der Waals surface area contributed by atoms with Crippen LogP contribution in [-0.4, -0.2) is 25.7 Å². The molecule has 0 radical (unpaired) electrons. The van der Waals surface area contributed by atoms with Gasteiger partial charge in [-0.3, -0.25) is 4.79 Å². The maximum atomic E-state index is 11.3. The molecule has 0 fully saturated rings. The molecule has 1 aromatic carbocycles. The summed E-state index contributed by atoms with van der Waals surface area (Å²) in [6.45, 7) is 4.88. The van der Waals surface area contributed by atoms with Crippen LogP contribution in [0, 0.1) is 0 Å². The van der Waals surface area contributed by atoms with E-state index in [2.05, 4.69) is 41.9 Å². The topological polar surface area (TPSA) is 47.6 Å². The molecule has 0 amide bonds. The summed E-state index contributed by atoms with van der Waals surface area (Å²) in [5.41, 5.74) is 1.04. The zero-order chi connectivity index (χ0) is 14.4. The molecule has 1 aromatic rings. The molecule has 19 heavy (non-hydrogen) atoms. The zero-order valence-electron chi connectivity index (χ0n) is 11.1. The van der Waals surface area contributed by atoms with Crippen molar-refractivity contribution in [2.24, 2.45) is 0 Å². The van der Waals surface area contributed by atoms with Crippen LogP contribution in [0.15, 0.2) is 21.1 Å². The van der Waals surface area contributed by atoms with Crippen LogP contribution in [0.4, 0.5) is 0 Å². The second kappa shape index (κ2) is 7.87. The Morgan fingerprint density at radius 2 is 1.95 bits per heavy atom. The van der Waals surface area contributed by atoms with Crippen LogP contribution in [0.3, 0.4) is 0 Å². The lowest BCUT2D eigenvalue weighted by atomic mass is 10.2. The van der Waals surface area contributed by atoms with E-state index >= 15 is 0 Å². The smallest absolute Gasteiger partial charge is 0.322 e. The first-order valence-corrected chi connectivity index (χ1v) is 7.50. The van der Waals surface area contributed by atoms with Crippen molar-refractivity contribution in [3.63, 3.8) is 0 Å². The highest BCUT2D eigenvalue weighted by atomic mass is 79.9. The molecular weight excluding hydrogens is 378 g/mol. The maximum absolute atomic E-state index is 11.3. The first kappa shape index (κ1) is 16.5. The van der Waals surface area contributed by atoms with Crippen LogP contribution in [0.25, 0.3) is 0 Å². The summed E-state index contributed by atoms with van der Waals surface area (Å²) in [4.78, 5) is 11.3. The Bertz CT molecular complexity index is 429. The molecule has 6 heteroatoms. The molecule has 0 bridgehead atoms. The van der Waals surface area contributed by atoms with Gasteiger partial charge in [-0.05, 0) is 63.4 Å². The number of rotatable bonds is 6. The van der Waals surface area contributed by atoms with E-state index in [0.29, 0.717) is 13.2 Å². The largest absolute Gasteiger partial charge is 0.492 e. The number of halogens is 2. The molecule has 1 N–H and O–H groups in total. The summed E-state index contributed by atoms with van der Waals surface area (Å²) in [5, 5.41) is 3.10. The molecule has 1 rings (SSSR count). The monoisotopic (exact) mass is 393 g/mol. The van der Waals surface area contributed by atoms with Gasteiger partial charge >= 0.3 is 5.97 Å². The third kappa shape index (κ3) is 4.78. The second-order valence-corrected chi connectivity index (χ2v) is 5.66. The molecule has 0 unspecified atom stereocenters. The van der Waals surface area contributed by atoms with Gasteiger partial charge < -0.3 is 14.8 Å². The Morgan fingerprint density at radius 1 is 1.37 bits per heavy atom. The highest BCUT2D eigenvalue weighted by Crippen LogP contribution is 2.34. The number of esters is 1.